The van der Waals surface area contributed by atoms with Gasteiger partial charge in [-0.1, -0.05) is 32.0 Å². The first-order valence-electron chi connectivity index (χ1n) is 5.95. The van der Waals surface area contributed by atoms with E-state index in [-0.39, 0.29) is 11.5 Å². The summed E-state index contributed by atoms with van der Waals surface area (Å²) in [6.45, 7) is 8.25. The van der Waals surface area contributed by atoms with Gasteiger partial charge in [-0.15, -0.1) is 0 Å². The van der Waals surface area contributed by atoms with E-state index in [4.69, 9.17) is 0 Å². The highest BCUT2D eigenvalue weighted by molar-refractivity contribution is 5.71. The summed E-state index contributed by atoms with van der Waals surface area (Å²) in [5, 5.41) is 3.44. The van der Waals surface area contributed by atoms with Crippen LogP contribution in [0.1, 0.15) is 45.6 Å². The Balaban J connectivity index is 0.000000606. The second-order valence-corrected chi connectivity index (χ2v) is 4.54. The zero-order chi connectivity index (χ0) is 12.2. The normalized spacial score (nSPS) is 20.9. The molecule has 1 aromatic carbocycles. The van der Waals surface area contributed by atoms with E-state index < -0.39 is 0 Å². The van der Waals surface area contributed by atoms with E-state index in [0.29, 0.717) is 0 Å². The molecule has 0 spiro atoms. The van der Waals surface area contributed by atoms with Crippen molar-refractivity contribution < 1.29 is 4.79 Å². The van der Waals surface area contributed by atoms with Gasteiger partial charge in [0.1, 0.15) is 6.29 Å². The van der Waals surface area contributed by atoms with Crippen molar-refractivity contribution >= 4 is 12.0 Å². The first-order valence-corrected chi connectivity index (χ1v) is 5.95. The number of carbonyl (C=O) groups excluding carboxylic acids is 1. The van der Waals surface area contributed by atoms with Gasteiger partial charge in [0, 0.05) is 17.1 Å². The SMILES string of the molecule is CC.CC1(C)CC(C=O)c2ccccc2N1. The van der Waals surface area contributed by atoms with Crippen molar-refractivity contribution in [2.45, 2.75) is 45.6 Å². The first-order chi connectivity index (χ1) is 7.62. The number of rotatable bonds is 1. The van der Waals surface area contributed by atoms with E-state index in [1.807, 2.05) is 38.1 Å². The van der Waals surface area contributed by atoms with Crippen LogP contribution in [0, 0.1) is 0 Å². The van der Waals surface area contributed by atoms with Crippen LogP contribution in [-0.4, -0.2) is 11.8 Å². The fourth-order valence-corrected chi connectivity index (χ4v) is 2.13. The molecule has 0 aliphatic carbocycles. The van der Waals surface area contributed by atoms with E-state index in [9.17, 15) is 4.79 Å². The third-order valence-electron chi connectivity index (χ3n) is 2.73. The number of para-hydroxylation sites is 1. The zero-order valence-electron chi connectivity index (χ0n) is 10.6. The Hall–Kier alpha value is -1.31. The van der Waals surface area contributed by atoms with E-state index in [2.05, 4.69) is 19.2 Å². The number of nitrogens with one attached hydrogen (secondary N) is 1. The lowest BCUT2D eigenvalue weighted by Crippen LogP contribution is -2.37. The maximum Gasteiger partial charge on any atom is 0.127 e. The largest absolute Gasteiger partial charge is 0.380 e. The lowest BCUT2D eigenvalue weighted by atomic mass is 9.82. The Morgan fingerprint density at radius 2 is 1.94 bits per heavy atom. The third kappa shape index (κ3) is 2.63. The molecule has 88 valence electrons. The Morgan fingerprint density at radius 1 is 1.31 bits per heavy atom. The topological polar surface area (TPSA) is 29.1 Å². The van der Waals surface area contributed by atoms with Gasteiger partial charge in [0.15, 0.2) is 0 Å². The van der Waals surface area contributed by atoms with Gasteiger partial charge in [-0.05, 0) is 31.9 Å². The van der Waals surface area contributed by atoms with Gasteiger partial charge in [0.2, 0.25) is 0 Å². The fraction of sp³-hybridized carbons (Fsp3) is 0.500. The minimum Gasteiger partial charge on any atom is -0.380 e. The van der Waals surface area contributed by atoms with E-state index in [1.165, 1.54) is 0 Å². The molecular formula is C14H21NO. The average Bonchev–Trinajstić information content (AvgIpc) is 2.29. The molecule has 0 saturated heterocycles. The number of anilines is 1. The summed E-state index contributed by atoms with van der Waals surface area (Å²) in [4.78, 5) is 11.0. The second kappa shape index (κ2) is 5.15. The van der Waals surface area contributed by atoms with Crippen LogP contribution in [0.2, 0.25) is 0 Å². The summed E-state index contributed by atoms with van der Waals surface area (Å²) >= 11 is 0. The molecule has 1 aromatic rings. The molecule has 0 fully saturated rings. The van der Waals surface area contributed by atoms with Crippen LogP contribution in [0.4, 0.5) is 5.69 Å². The van der Waals surface area contributed by atoms with E-state index >= 15 is 0 Å². The van der Waals surface area contributed by atoms with Crippen LogP contribution in [-0.2, 0) is 4.79 Å². The number of hydrogen-bond acceptors (Lipinski definition) is 2. The van der Waals surface area contributed by atoms with Crippen LogP contribution in [0.15, 0.2) is 24.3 Å². The lowest BCUT2D eigenvalue weighted by Gasteiger charge is -2.36. The molecule has 1 N–H and O–H groups in total. The minimum absolute atomic E-state index is 0.0138. The maximum atomic E-state index is 11.0. The molecule has 1 atom stereocenters. The zero-order valence-corrected chi connectivity index (χ0v) is 10.6. The highest BCUT2D eigenvalue weighted by Gasteiger charge is 2.30. The van der Waals surface area contributed by atoms with Gasteiger partial charge < -0.3 is 10.1 Å². The maximum absolute atomic E-state index is 11.0. The average molecular weight is 219 g/mol. The number of hydrogen-bond donors (Lipinski definition) is 1. The van der Waals surface area contributed by atoms with Gasteiger partial charge >= 0.3 is 0 Å². The molecule has 16 heavy (non-hydrogen) atoms. The van der Waals surface area contributed by atoms with Crippen LogP contribution in [0.3, 0.4) is 0 Å². The summed E-state index contributed by atoms with van der Waals surface area (Å²) in [6.07, 6.45) is 1.93. The molecule has 2 nitrogen and oxygen atoms in total. The van der Waals surface area contributed by atoms with Crippen molar-refractivity contribution in [2.24, 2.45) is 0 Å². The van der Waals surface area contributed by atoms with Crippen molar-refractivity contribution in [2.75, 3.05) is 5.32 Å². The smallest absolute Gasteiger partial charge is 0.127 e. The van der Waals surface area contributed by atoms with E-state index in [1.54, 1.807) is 0 Å². The molecular weight excluding hydrogens is 198 g/mol. The van der Waals surface area contributed by atoms with Gasteiger partial charge in [-0.25, -0.2) is 0 Å². The minimum atomic E-state index is 0.0138. The Labute approximate surface area is 98.1 Å². The third-order valence-corrected chi connectivity index (χ3v) is 2.73. The summed E-state index contributed by atoms with van der Waals surface area (Å²) < 4.78 is 0. The molecule has 2 rings (SSSR count). The second-order valence-electron chi connectivity index (χ2n) is 4.54. The van der Waals surface area contributed by atoms with Gasteiger partial charge in [0.05, 0.1) is 0 Å². The Bertz CT molecular complexity index is 358. The summed E-state index contributed by atoms with van der Waals surface area (Å²) in [7, 11) is 0. The van der Waals surface area contributed by atoms with Crippen LogP contribution in [0.25, 0.3) is 0 Å². The predicted octanol–water partition coefficient (Wildman–Crippen LogP) is 3.59. The molecule has 1 unspecified atom stereocenters. The molecule has 0 aromatic heterocycles. The number of benzene rings is 1. The highest BCUT2D eigenvalue weighted by Crippen LogP contribution is 2.37. The molecule has 1 aliphatic heterocycles. The van der Waals surface area contributed by atoms with Crippen molar-refractivity contribution in [1.29, 1.82) is 0 Å². The molecule has 1 heterocycles. The van der Waals surface area contributed by atoms with Crippen LogP contribution < -0.4 is 5.32 Å². The van der Waals surface area contributed by atoms with Crippen molar-refractivity contribution in [1.82, 2.24) is 0 Å². The van der Waals surface area contributed by atoms with Crippen LogP contribution in [0.5, 0.6) is 0 Å². The molecule has 0 saturated carbocycles. The van der Waals surface area contributed by atoms with Gasteiger partial charge in [-0.2, -0.15) is 0 Å². The summed E-state index contributed by atoms with van der Waals surface area (Å²) in [5.41, 5.74) is 2.24. The number of carbonyl (C=O) groups is 1. The number of aldehydes is 1. The summed E-state index contributed by atoms with van der Waals surface area (Å²) in [6, 6.07) is 8.04. The number of fused-ring (bicyclic) bond motifs is 1. The molecule has 0 amide bonds. The van der Waals surface area contributed by atoms with E-state index in [0.717, 1.165) is 24.0 Å². The quantitative estimate of drug-likeness (QED) is 0.731. The molecule has 1 aliphatic rings. The van der Waals surface area contributed by atoms with Crippen molar-refractivity contribution in [3.8, 4) is 0 Å². The summed E-state index contributed by atoms with van der Waals surface area (Å²) in [5.74, 6) is 0.0439. The Kier molecular flexibility index (Phi) is 4.11. The van der Waals surface area contributed by atoms with Crippen molar-refractivity contribution in [3.63, 3.8) is 0 Å². The standard InChI is InChI=1S/C12H15NO.C2H6/c1-12(2)7-9(8-14)10-5-3-4-6-11(10)13-12;1-2/h3-6,8-9,13H,7H2,1-2H3;1-2H3. The highest BCUT2D eigenvalue weighted by atomic mass is 16.1. The van der Waals surface area contributed by atoms with Crippen LogP contribution >= 0.6 is 0 Å². The molecule has 0 radical (unpaired) electrons. The Morgan fingerprint density at radius 3 is 2.56 bits per heavy atom. The monoisotopic (exact) mass is 219 g/mol. The van der Waals surface area contributed by atoms with Crippen molar-refractivity contribution in [3.05, 3.63) is 29.8 Å². The fourth-order valence-electron chi connectivity index (χ4n) is 2.13. The molecule has 0 bridgehead atoms. The first kappa shape index (κ1) is 12.8. The lowest BCUT2D eigenvalue weighted by molar-refractivity contribution is -0.109. The van der Waals surface area contributed by atoms with Gasteiger partial charge in [-0.3, -0.25) is 0 Å². The van der Waals surface area contributed by atoms with Gasteiger partial charge in [0.25, 0.3) is 0 Å². The molecule has 2 heteroatoms. The predicted molar refractivity (Wildman–Crippen MR) is 68.9 cm³/mol.